The summed E-state index contributed by atoms with van der Waals surface area (Å²) in [5.74, 6) is -0.319. The highest BCUT2D eigenvalue weighted by molar-refractivity contribution is 6.17. The zero-order valence-electron chi connectivity index (χ0n) is 15.3. The molecule has 0 radical (unpaired) electrons. The second kappa shape index (κ2) is 10.0. The lowest BCUT2D eigenvalue weighted by Crippen LogP contribution is -2.45. The van der Waals surface area contributed by atoms with Gasteiger partial charge in [-0.05, 0) is 24.3 Å². The maximum atomic E-state index is 13.2. The van der Waals surface area contributed by atoms with Crippen LogP contribution in [0.1, 0.15) is 11.1 Å². The van der Waals surface area contributed by atoms with E-state index in [4.69, 9.17) is 16.3 Å². The maximum Gasteiger partial charge on any atom is 0.509 e. The number of benzene rings is 2. The summed E-state index contributed by atoms with van der Waals surface area (Å²) in [6.07, 6.45) is -0.848. The summed E-state index contributed by atoms with van der Waals surface area (Å²) in [5.41, 5.74) is 1.82. The van der Waals surface area contributed by atoms with Crippen LogP contribution in [-0.4, -0.2) is 41.8 Å². The second-order valence-electron chi connectivity index (χ2n) is 6.56. The fourth-order valence-electron chi connectivity index (χ4n) is 2.84. The van der Waals surface area contributed by atoms with Crippen molar-refractivity contribution in [1.82, 2.24) is 0 Å². The Morgan fingerprint density at radius 2 is 1.61 bits per heavy atom. The third-order valence-corrected chi connectivity index (χ3v) is 4.32. The first kappa shape index (κ1) is 21.6. The summed E-state index contributed by atoms with van der Waals surface area (Å²) in [5, 5.41) is 10.8. The standard InChI is InChI=1S/C19H21ClFN2O5/c1-23(10-11-27-19(24)28-14-20,12-15-2-6-17(21)7-3-15)13-16-4-8-18(9-5-16)22(25)26/h2-9H,10-14H2,1H3/q+1. The minimum Gasteiger partial charge on any atom is -0.428 e. The van der Waals surface area contributed by atoms with Crippen molar-refractivity contribution in [1.29, 1.82) is 0 Å². The fraction of sp³-hybridized carbons (Fsp3) is 0.316. The average molecular weight is 412 g/mol. The molecule has 0 saturated carbocycles. The first-order valence-corrected chi connectivity index (χ1v) is 9.01. The maximum absolute atomic E-state index is 13.2. The zero-order valence-corrected chi connectivity index (χ0v) is 16.1. The molecule has 0 aliphatic heterocycles. The monoisotopic (exact) mass is 411 g/mol. The molecule has 0 saturated heterocycles. The number of hydrogen-bond acceptors (Lipinski definition) is 5. The van der Waals surface area contributed by atoms with Gasteiger partial charge in [0.25, 0.3) is 5.69 Å². The molecule has 150 valence electrons. The molecule has 1 atom stereocenters. The van der Waals surface area contributed by atoms with Crippen LogP contribution < -0.4 is 0 Å². The lowest BCUT2D eigenvalue weighted by atomic mass is 10.1. The summed E-state index contributed by atoms with van der Waals surface area (Å²) in [6, 6.07) is 12.2. The minimum absolute atomic E-state index is 0.0173. The summed E-state index contributed by atoms with van der Waals surface area (Å²) in [4.78, 5) is 21.7. The van der Waals surface area contributed by atoms with E-state index < -0.39 is 11.1 Å². The number of quaternary nitrogens is 1. The van der Waals surface area contributed by atoms with Crippen molar-refractivity contribution in [2.75, 3.05) is 26.3 Å². The molecule has 0 amide bonds. The van der Waals surface area contributed by atoms with Gasteiger partial charge in [0.2, 0.25) is 0 Å². The van der Waals surface area contributed by atoms with Gasteiger partial charge in [0.15, 0.2) is 6.07 Å². The van der Waals surface area contributed by atoms with Crippen LogP contribution in [0.5, 0.6) is 0 Å². The van der Waals surface area contributed by atoms with E-state index in [-0.39, 0.29) is 24.2 Å². The normalized spacial score (nSPS) is 12.8. The minimum atomic E-state index is -0.848. The SMILES string of the molecule is C[N+](CCOC(=O)OCCl)(Cc1ccc(F)cc1)Cc1ccc([N+](=O)[O-])cc1. The van der Waals surface area contributed by atoms with Gasteiger partial charge in [-0.1, -0.05) is 23.7 Å². The topological polar surface area (TPSA) is 78.7 Å². The van der Waals surface area contributed by atoms with E-state index in [1.54, 1.807) is 24.3 Å². The van der Waals surface area contributed by atoms with Crippen LogP contribution in [0, 0.1) is 15.9 Å². The smallest absolute Gasteiger partial charge is 0.428 e. The highest BCUT2D eigenvalue weighted by Crippen LogP contribution is 2.20. The number of alkyl halides is 1. The van der Waals surface area contributed by atoms with Crippen LogP contribution in [0.3, 0.4) is 0 Å². The fourth-order valence-corrected chi connectivity index (χ4v) is 2.93. The van der Waals surface area contributed by atoms with Gasteiger partial charge in [0, 0.05) is 23.3 Å². The lowest BCUT2D eigenvalue weighted by molar-refractivity contribution is -0.935. The highest BCUT2D eigenvalue weighted by atomic mass is 35.5. The Balaban J connectivity index is 2.12. The Morgan fingerprint density at radius 3 is 2.11 bits per heavy atom. The molecule has 0 bridgehead atoms. The molecule has 1 unspecified atom stereocenters. The number of nitrogens with zero attached hydrogens (tertiary/aromatic N) is 2. The van der Waals surface area contributed by atoms with E-state index in [9.17, 15) is 19.3 Å². The van der Waals surface area contributed by atoms with Crippen molar-refractivity contribution in [3.63, 3.8) is 0 Å². The Morgan fingerprint density at radius 1 is 1.07 bits per heavy atom. The van der Waals surface area contributed by atoms with Crippen LogP contribution in [0.15, 0.2) is 48.5 Å². The molecular weight excluding hydrogens is 391 g/mol. The van der Waals surface area contributed by atoms with Gasteiger partial charge in [0.05, 0.1) is 12.0 Å². The van der Waals surface area contributed by atoms with E-state index in [2.05, 4.69) is 4.74 Å². The predicted octanol–water partition coefficient (Wildman–Crippen LogP) is 4.23. The van der Waals surface area contributed by atoms with Gasteiger partial charge >= 0.3 is 6.16 Å². The number of hydrogen-bond donors (Lipinski definition) is 0. The number of carbonyl (C=O) groups is 1. The van der Waals surface area contributed by atoms with Crippen LogP contribution in [0.25, 0.3) is 0 Å². The third-order valence-electron chi connectivity index (χ3n) is 4.21. The van der Waals surface area contributed by atoms with Crippen molar-refractivity contribution in [2.45, 2.75) is 13.1 Å². The molecule has 2 rings (SSSR count). The molecule has 0 aliphatic rings. The number of halogens is 2. The van der Waals surface area contributed by atoms with Crippen molar-refractivity contribution in [3.8, 4) is 0 Å². The number of ether oxygens (including phenoxy) is 2. The quantitative estimate of drug-likeness (QED) is 0.203. The molecule has 0 spiro atoms. The van der Waals surface area contributed by atoms with Gasteiger partial charge in [-0.25, -0.2) is 9.18 Å². The Bertz CT molecular complexity index is 801. The van der Waals surface area contributed by atoms with Gasteiger partial charge in [-0.2, -0.15) is 0 Å². The van der Waals surface area contributed by atoms with E-state index in [1.165, 1.54) is 24.3 Å². The molecule has 0 aromatic heterocycles. The molecule has 0 heterocycles. The molecule has 0 aliphatic carbocycles. The van der Waals surface area contributed by atoms with E-state index in [0.717, 1.165) is 11.1 Å². The van der Waals surface area contributed by atoms with Crippen LogP contribution in [0.2, 0.25) is 0 Å². The van der Waals surface area contributed by atoms with Crippen molar-refractivity contribution in [2.24, 2.45) is 0 Å². The molecule has 7 nitrogen and oxygen atoms in total. The highest BCUT2D eigenvalue weighted by Gasteiger charge is 2.24. The zero-order chi connectivity index (χ0) is 20.6. The largest absolute Gasteiger partial charge is 0.509 e. The Labute approximate surface area is 167 Å². The molecule has 2 aromatic carbocycles. The number of rotatable bonds is 9. The van der Waals surface area contributed by atoms with Crippen molar-refractivity contribution < 1.29 is 28.1 Å². The average Bonchev–Trinajstić information content (AvgIpc) is 2.64. The molecule has 9 heteroatoms. The van der Waals surface area contributed by atoms with Crippen LogP contribution >= 0.6 is 11.6 Å². The number of carbonyl (C=O) groups excluding carboxylic acids is 1. The summed E-state index contributed by atoms with van der Waals surface area (Å²) >= 11 is 5.32. The number of non-ortho nitro benzene ring substituents is 1. The molecule has 0 fully saturated rings. The predicted molar refractivity (Wildman–Crippen MR) is 101 cm³/mol. The van der Waals surface area contributed by atoms with Crippen molar-refractivity contribution >= 4 is 23.4 Å². The van der Waals surface area contributed by atoms with E-state index in [0.29, 0.717) is 24.1 Å². The Hall–Kier alpha value is -2.71. The first-order valence-electron chi connectivity index (χ1n) is 8.48. The Kier molecular flexibility index (Phi) is 7.71. The second-order valence-corrected chi connectivity index (χ2v) is 6.78. The van der Waals surface area contributed by atoms with Crippen molar-refractivity contribution in [3.05, 3.63) is 75.6 Å². The lowest BCUT2D eigenvalue weighted by Gasteiger charge is -2.34. The van der Waals surface area contributed by atoms with Gasteiger partial charge < -0.3 is 14.0 Å². The van der Waals surface area contributed by atoms with Gasteiger partial charge in [0.1, 0.15) is 32.1 Å². The van der Waals surface area contributed by atoms with E-state index in [1.807, 2.05) is 7.05 Å². The van der Waals surface area contributed by atoms with Gasteiger partial charge in [-0.15, -0.1) is 0 Å². The molecule has 28 heavy (non-hydrogen) atoms. The molecular formula is C19H21ClFN2O5+. The number of likely N-dealkylation sites (N-methyl/N-ethyl adjacent to an activating group) is 1. The summed E-state index contributed by atoms with van der Waals surface area (Å²) in [7, 11) is 1.96. The van der Waals surface area contributed by atoms with Crippen LogP contribution in [0.4, 0.5) is 14.9 Å². The number of nitro groups is 1. The summed E-state index contributed by atoms with van der Waals surface area (Å²) < 4.78 is 23.2. The molecule has 0 N–H and O–H groups in total. The first-order chi connectivity index (χ1) is 13.3. The summed E-state index contributed by atoms with van der Waals surface area (Å²) in [6.45, 7) is 1.63. The van der Waals surface area contributed by atoms with Gasteiger partial charge in [-0.3, -0.25) is 10.1 Å². The van der Waals surface area contributed by atoms with Crippen LogP contribution in [-0.2, 0) is 22.6 Å². The third kappa shape index (κ3) is 6.79. The number of nitro benzene ring substituents is 1. The van der Waals surface area contributed by atoms with E-state index >= 15 is 0 Å². The molecule has 2 aromatic rings.